The van der Waals surface area contributed by atoms with Gasteiger partial charge in [0.2, 0.25) is 0 Å². The number of benzene rings is 4. The molecule has 0 fully saturated rings. The first-order valence-corrected chi connectivity index (χ1v) is 11.5. The molecule has 1 amide bonds. The number of nitrogens with one attached hydrogen (secondary N) is 1. The van der Waals surface area contributed by atoms with Crippen LogP contribution in [0.2, 0.25) is 0 Å². The maximum absolute atomic E-state index is 13.6. The molecule has 1 atom stereocenters. The average Bonchev–Trinajstić information content (AvgIpc) is 2.89. The maximum atomic E-state index is 13.6. The summed E-state index contributed by atoms with van der Waals surface area (Å²) in [5, 5.41) is 3.52. The molecule has 1 heterocycles. The summed E-state index contributed by atoms with van der Waals surface area (Å²) >= 11 is 0. The van der Waals surface area contributed by atoms with Crippen molar-refractivity contribution in [2.75, 3.05) is 16.8 Å². The third-order valence-corrected chi connectivity index (χ3v) is 5.85. The number of hydrogen-bond acceptors (Lipinski definition) is 4. The van der Waals surface area contributed by atoms with Crippen LogP contribution in [-0.2, 0) is 6.61 Å². The number of fused-ring (bicyclic) bond motifs is 1. The summed E-state index contributed by atoms with van der Waals surface area (Å²) in [6.07, 6.45) is -0.440. The highest BCUT2D eigenvalue weighted by Crippen LogP contribution is 2.39. The lowest BCUT2D eigenvalue weighted by molar-refractivity contribution is 0.0975. The van der Waals surface area contributed by atoms with E-state index in [1.165, 1.54) is 12.1 Å². The van der Waals surface area contributed by atoms with Crippen LogP contribution in [0.25, 0.3) is 0 Å². The number of anilines is 2. The molecule has 35 heavy (non-hydrogen) atoms. The summed E-state index contributed by atoms with van der Waals surface area (Å²) in [7, 11) is 0. The minimum Gasteiger partial charge on any atom is -0.490 e. The Labute approximate surface area is 203 Å². The Balaban J connectivity index is 1.49. The number of ether oxygens (including phenoxy) is 2. The van der Waals surface area contributed by atoms with Gasteiger partial charge in [0, 0.05) is 11.4 Å². The van der Waals surface area contributed by atoms with E-state index in [0.717, 1.165) is 22.5 Å². The molecule has 0 aromatic heterocycles. The zero-order valence-corrected chi connectivity index (χ0v) is 19.3. The van der Waals surface area contributed by atoms with Gasteiger partial charge in [-0.05, 0) is 66.6 Å². The van der Waals surface area contributed by atoms with Crippen molar-refractivity contribution in [3.8, 4) is 11.5 Å². The average molecular weight is 469 g/mol. The van der Waals surface area contributed by atoms with Gasteiger partial charge < -0.3 is 14.8 Å². The monoisotopic (exact) mass is 468 g/mol. The first-order chi connectivity index (χ1) is 17.1. The summed E-state index contributed by atoms with van der Waals surface area (Å²) < 4.78 is 25.1. The fraction of sp³-hybridized carbons (Fsp3) is 0.138. The van der Waals surface area contributed by atoms with Crippen LogP contribution in [0.15, 0.2) is 97.1 Å². The third-order valence-electron chi connectivity index (χ3n) is 5.85. The van der Waals surface area contributed by atoms with E-state index < -0.39 is 6.17 Å². The molecule has 5 nitrogen and oxygen atoms in total. The molecule has 0 spiro atoms. The topological polar surface area (TPSA) is 50.8 Å². The zero-order chi connectivity index (χ0) is 24.2. The number of hydrogen-bond donors (Lipinski definition) is 1. The SMILES string of the molecule is CCOc1cc([C@H]2Nc3ccccc3C(=O)N2c2ccccc2)ccc1OCc1ccc(F)cc1. The van der Waals surface area contributed by atoms with Gasteiger partial charge in [-0.1, -0.05) is 48.5 Å². The van der Waals surface area contributed by atoms with Gasteiger partial charge >= 0.3 is 0 Å². The third kappa shape index (κ3) is 4.68. The lowest BCUT2D eigenvalue weighted by Gasteiger charge is -2.38. The highest BCUT2D eigenvalue weighted by atomic mass is 19.1. The lowest BCUT2D eigenvalue weighted by Crippen LogP contribution is -2.43. The molecule has 1 N–H and O–H groups in total. The van der Waals surface area contributed by atoms with Gasteiger partial charge in [-0.15, -0.1) is 0 Å². The van der Waals surface area contributed by atoms with Gasteiger partial charge in [0.1, 0.15) is 18.6 Å². The second-order valence-electron chi connectivity index (χ2n) is 8.16. The number of carbonyl (C=O) groups excluding carboxylic acids is 1. The van der Waals surface area contributed by atoms with Crippen LogP contribution in [-0.4, -0.2) is 12.5 Å². The molecule has 4 aromatic carbocycles. The fourth-order valence-corrected chi connectivity index (χ4v) is 4.17. The van der Waals surface area contributed by atoms with Crippen molar-refractivity contribution >= 4 is 17.3 Å². The fourth-order valence-electron chi connectivity index (χ4n) is 4.17. The normalized spacial score (nSPS) is 14.7. The molecule has 0 radical (unpaired) electrons. The lowest BCUT2D eigenvalue weighted by atomic mass is 10.0. The van der Waals surface area contributed by atoms with Gasteiger partial charge in [0.05, 0.1) is 12.2 Å². The maximum Gasteiger partial charge on any atom is 0.262 e. The molecule has 1 aliphatic rings. The minimum absolute atomic E-state index is 0.0786. The summed E-state index contributed by atoms with van der Waals surface area (Å²) in [5.74, 6) is 0.791. The predicted molar refractivity (Wildman–Crippen MR) is 134 cm³/mol. The standard InChI is InChI=1S/C29H25FN2O3/c1-2-34-27-18-21(14-17-26(27)35-19-20-12-15-22(30)16-13-20)28-31-25-11-7-6-10-24(25)29(33)32(28)23-8-4-3-5-9-23/h3-18,28,31H,2,19H2,1H3/t28-/m0/s1. The molecular formula is C29H25FN2O3. The highest BCUT2D eigenvalue weighted by Gasteiger charge is 2.34. The first kappa shape index (κ1) is 22.5. The van der Waals surface area contributed by atoms with E-state index in [9.17, 15) is 9.18 Å². The van der Waals surface area contributed by atoms with Crippen molar-refractivity contribution in [1.82, 2.24) is 0 Å². The number of nitrogens with zero attached hydrogens (tertiary/aromatic N) is 1. The van der Waals surface area contributed by atoms with Crippen LogP contribution in [0.4, 0.5) is 15.8 Å². The molecule has 0 aliphatic carbocycles. The van der Waals surface area contributed by atoms with E-state index in [4.69, 9.17) is 9.47 Å². The predicted octanol–water partition coefficient (Wildman–Crippen LogP) is 6.57. The van der Waals surface area contributed by atoms with E-state index in [1.807, 2.05) is 79.7 Å². The number of halogens is 1. The van der Waals surface area contributed by atoms with Crippen LogP contribution in [0.5, 0.6) is 11.5 Å². The van der Waals surface area contributed by atoms with Gasteiger partial charge in [0.15, 0.2) is 11.5 Å². The van der Waals surface area contributed by atoms with Gasteiger partial charge in [-0.2, -0.15) is 0 Å². The molecule has 5 rings (SSSR count). The molecule has 1 aliphatic heterocycles. The van der Waals surface area contributed by atoms with Crippen molar-refractivity contribution in [3.63, 3.8) is 0 Å². The van der Waals surface area contributed by atoms with E-state index in [2.05, 4.69) is 5.32 Å². The number of carbonyl (C=O) groups is 1. The second-order valence-corrected chi connectivity index (χ2v) is 8.16. The van der Waals surface area contributed by atoms with E-state index >= 15 is 0 Å². The summed E-state index contributed by atoms with van der Waals surface area (Å²) in [6, 6.07) is 29.0. The summed E-state index contributed by atoms with van der Waals surface area (Å²) in [4.78, 5) is 15.3. The Morgan fingerprint density at radius 1 is 0.857 bits per heavy atom. The Hall–Kier alpha value is -4.32. The Kier molecular flexibility index (Phi) is 6.35. The molecule has 176 valence electrons. The van der Waals surface area contributed by atoms with Crippen LogP contribution in [0, 0.1) is 5.82 Å². The van der Waals surface area contributed by atoms with Crippen molar-refractivity contribution in [2.24, 2.45) is 0 Å². The molecule has 4 aromatic rings. The Morgan fingerprint density at radius 3 is 2.37 bits per heavy atom. The van der Waals surface area contributed by atoms with Crippen molar-refractivity contribution in [1.29, 1.82) is 0 Å². The highest BCUT2D eigenvalue weighted by molar-refractivity contribution is 6.12. The summed E-state index contributed by atoms with van der Waals surface area (Å²) in [6.45, 7) is 2.65. The number of rotatable bonds is 7. The molecule has 0 saturated carbocycles. The van der Waals surface area contributed by atoms with Gasteiger partial charge in [0.25, 0.3) is 5.91 Å². The Bertz CT molecular complexity index is 1330. The van der Waals surface area contributed by atoms with Crippen LogP contribution >= 0.6 is 0 Å². The zero-order valence-electron chi connectivity index (χ0n) is 19.3. The van der Waals surface area contributed by atoms with Crippen molar-refractivity contribution < 1.29 is 18.7 Å². The first-order valence-electron chi connectivity index (χ1n) is 11.5. The quantitative estimate of drug-likeness (QED) is 0.333. The number of amides is 1. The molecule has 0 saturated heterocycles. The molecule has 0 unspecified atom stereocenters. The van der Waals surface area contributed by atoms with Crippen LogP contribution in [0.3, 0.4) is 0 Å². The van der Waals surface area contributed by atoms with Gasteiger partial charge in [-0.3, -0.25) is 9.69 Å². The minimum atomic E-state index is -0.440. The smallest absolute Gasteiger partial charge is 0.262 e. The van der Waals surface area contributed by atoms with Crippen molar-refractivity contribution in [3.05, 3.63) is 120 Å². The second kappa shape index (κ2) is 9.89. The van der Waals surface area contributed by atoms with Gasteiger partial charge in [-0.25, -0.2) is 4.39 Å². The number of para-hydroxylation sites is 2. The van der Waals surface area contributed by atoms with E-state index in [0.29, 0.717) is 23.7 Å². The van der Waals surface area contributed by atoms with Crippen LogP contribution < -0.4 is 19.7 Å². The molecular weight excluding hydrogens is 443 g/mol. The Morgan fingerprint density at radius 2 is 1.60 bits per heavy atom. The summed E-state index contributed by atoms with van der Waals surface area (Å²) in [5.41, 5.74) is 3.90. The van der Waals surface area contributed by atoms with Crippen molar-refractivity contribution in [2.45, 2.75) is 19.7 Å². The van der Waals surface area contributed by atoms with E-state index in [-0.39, 0.29) is 18.3 Å². The largest absolute Gasteiger partial charge is 0.490 e. The molecule has 0 bridgehead atoms. The van der Waals surface area contributed by atoms with E-state index in [1.54, 1.807) is 17.0 Å². The molecule has 6 heteroatoms. The van der Waals surface area contributed by atoms with Crippen LogP contribution in [0.1, 0.15) is 34.6 Å².